The number of hydrogen-bond donors (Lipinski definition) is 1. The molecule has 2 unspecified atom stereocenters. The fourth-order valence-electron chi connectivity index (χ4n) is 3.16. The Bertz CT molecular complexity index is 667. The van der Waals surface area contributed by atoms with E-state index in [0.717, 1.165) is 30.4 Å². The first-order valence-electron chi connectivity index (χ1n) is 7.37. The van der Waals surface area contributed by atoms with Crippen LogP contribution in [0.3, 0.4) is 0 Å². The van der Waals surface area contributed by atoms with Gasteiger partial charge in [-0.25, -0.2) is 14.8 Å². The molecule has 1 aliphatic heterocycles. The molecule has 3 heterocycles. The van der Waals surface area contributed by atoms with Gasteiger partial charge < -0.3 is 14.6 Å². The predicted octanol–water partition coefficient (Wildman–Crippen LogP) is 2.05. The molecular formula is C15H20N4O2. The van der Waals surface area contributed by atoms with Crippen LogP contribution in [-0.2, 0) is 11.8 Å². The molecule has 6 nitrogen and oxygen atoms in total. The van der Waals surface area contributed by atoms with E-state index in [9.17, 15) is 9.90 Å². The van der Waals surface area contributed by atoms with Gasteiger partial charge in [-0.2, -0.15) is 0 Å². The molecule has 0 bridgehead atoms. The molecule has 112 valence electrons. The van der Waals surface area contributed by atoms with Gasteiger partial charge in [0.1, 0.15) is 11.6 Å². The smallest absolute Gasteiger partial charge is 0.326 e. The van der Waals surface area contributed by atoms with Gasteiger partial charge in [-0.05, 0) is 24.8 Å². The van der Waals surface area contributed by atoms with E-state index in [1.54, 1.807) is 12.5 Å². The Hall–Kier alpha value is -2.11. The number of aliphatic carboxylic acids is 1. The molecule has 3 rings (SSSR count). The van der Waals surface area contributed by atoms with Crippen molar-refractivity contribution < 1.29 is 9.90 Å². The number of imidazole rings is 1. The Balaban J connectivity index is 2.02. The van der Waals surface area contributed by atoms with Gasteiger partial charge in [0, 0.05) is 19.8 Å². The number of nitrogens with zero attached hydrogens (tertiary/aromatic N) is 4. The average Bonchev–Trinajstić information content (AvgIpc) is 2.88. The van der Waals surface area contributed by atoms with E-state index in [1.807, 2.05) is 22.6 Å². The van der Waals surface area contributed by atoms with E-state index in [-0.39, 0.29) is 0 Å². The van der Waals surface area contributed by atoms with Crippen LogP contribution < -0.4 is 4.90 Å². The second kappa shape index (κ2) is 5.35. The highest BCUT2D eigenvalue weighted by molar-refractivity contribution is 5.89. The fraction of sp³-hybridized carbons (Fsp3) is 0.533. The number of anilines is 1. The summed E-state index contributed by atoms with van der Waals surface area (Å²) in [5.41, 5.74) is 1.75. The lowest BCUT2D eigenvalue weighted by Gasteiger charge is -2.37. The summed E-state index contributed by atoms with van der Waals surface area (Å²) in [6, 6.07) is 1.39. The van der Waals surface area contributed by atoms with Crippen LogP contribution in [0.4, 0.5) is 5.82 Å². The third kappa shape index (κ3) is 2.34. The van der Waals surface area contributed by atoms with Crippen molar-refractivity contribution in [1.29, 1.82) is 0 Å². The van der Waals surface area contributed by atoms with E-state index < -0.39 is 12.0 Å². The minimum absolute atomic E-state index is 0.477. The quantitative estimate of drug-likeness (QED) is 0.936. The Labute approximate surface area is 123 Å². The second-order valence-corrected chi connectivity index (χ2v) is 5.70. The normalized spacial score (nSPS) is 22.7. The van der Waals surface area contributed by atoms with Gasteiger partial charge in [0.05, 0.1) is 11.8 Å². The third-order valence-corrected chi connectivity index (χ3v) is 4.47. The van der Waals surface area contributed by atoms with E-state index in [0.29, 0.717) is 18.2 Å². The van der Waals surface area contributed by atoms with Gasteiger partial charge in [0.2, 0.25) is 0 Å². The summed E-state index contributed by atoms with van der Waals surface area (Å²) in [5.74, 6) is 0.392. The zero-order valence-corrected chi connectivity index (χ0v) is 12.4. The van der Waals surface area contributed by atoms with E-state index in [2.05, 4.69) is 16.9 Å². The zero-order chi connectivity index (χ0) is 15.0. The molecular weight excluding hydrogens is 268 g/mol. The molecule has 0 radical (unpaired) electrons. The first-order valence-corrected chi connectivity index (χ1v) is 7.37. The van der Waals surface area contributed by atoms with Gasteiger partial charge in [0.15, 0.2) is 5.82 Å². The number of carbonyl (C=O) groups is 1. The van der Waals surface area contributed by atoms with Crippen molar-refractivity contribution in [2.75, 3.05) is 11.4 Å². The first-order chi connectivity index (χ1) is 10.1. The third-order valence-electron chi connectivity index (χ3n) is 4.47. The van der Waals surface area contributed by atoms with Crippen LogP contribution in [0.1, 0.15) is 26.2 Å². The monoisotopic (exact) mass is 288 g/mol. The molecule has 2 aromatic heterocycles. The molecule has 21 heavy (non-hydrogen) atoms. The minimum atomic E-state index is -0.775. The van der Waals surface area contributed by atoms with Crippen LogP contribution in [0.15, 0.2) is 18.6 Å². The van der Waals surface area contributed by atoms with E-state index >= 15 is 0 Å². The molecule has 2 atom stereocenters. The Morgan fingerprint density at radius 3 is 3.00 bits per heavy atom. The van der Waals surface area contributed by atoms with Crippen molar-refractivity contribution in [2.24, 2.45) is 13.0 Å². The number of aryl methyl sites for hydroxylation is 1. The van der Waals surface area contributed by atoms with Crippen LogP contribution in [0.5, 0.6) is 0 Å². The summed E-state index contributed by atoms with van der Waals surface area (Å²) in [6.45, 7) is 2.84. The standard InChI is InChI=1S/C15H20N4O2/c1-3-10-5-7-19(12(8-10)15(20)21)14-13-11(4-6-16-14)18(2)9-17-13/h4,6,9-10,12H,3,5,7-8H2,1-2H3,(H,20,21). The Morgan fingerprint density at radius 2 is 2.29 bits per heavy atom. The SMILES string of the molecule is CCC1CCN(c2nccc3c2ncn3C)C(C(=O)O)C1. The van der Waals surface area contributed by atoms with E-state index in [4.69, 9.17) is 0 Å². The predicted molar refractivity (Wildman–Crippen MR) is 80.3 cm³/mol. The topological polar surface area (TPSA) is 71.2 Å². The minimum Gasteiger partial charge on any atom is -0.480 e. The molecule has 0 aliphatic carbocycles. The lowest BCUT2D eigenvalue weighted by molar-refractivity contribution is -0.139. The number of piperidine rings is 1. The summed E-state index contributed by atoms with van der Waals surface area (Å²) < 4.78 is 1.93. The van der Waals surface area contributed by atoms with Gasteiger partial charge in [-0.1, -0.05) is 13.3 Å². The Morgan fingerprint density at radius 1 is 1.48 bits per heavy atom. The van der Waals surface area contributed by atoms with Crippen molar-refractivity contribution >= 4 is 22.8 Å². The number of pyridine rings is 1. The van der Waals surface area contributed by atoms with Crippen molar-refractivity contribution in [3.63, 3.8) is 0 Å². The molecule has 1 N–H and O–H groups in total. The largest absolute Gasteiger partial charge is 0.480 e. The summed E-state index contributed by atoms with van der Waals surface area (Å²) in [4.78, 5) is 22.4. The molecule has 1 aliphatic rings. The van der Waals surface area contributed by atoms with Crippen LogP contribution >= 0.6 is 0 Å². The highest BCUT2D eigenvalue weighted by Gasteiger charge is 2.34. The number of carboxylic acids is 1. The summed E-state index contributed by atoms with van der Waals surface area (Å²) in [7, 11) is 1.93. The van der Waals surface area contributed by atoms with Crippen molar-refractivity contribution in [3.8, 4) is 0 Å². The maximum absolute atomic E-state index is 11.6. The number of rotatable bonds is 3. The van der Waals surface area contributed by atoms with Gasteiger partial charge in [-0.15, -0.1) is 0 Å². The van der Waals surface area contributed by atoms with Crippen LogP contribution in [0, 0.1) is 5.92 Å². The maximum atomic E-state index is 11.6. The summed E-state index contributed by atoms with van der Waals surface area (Å²) in [5, 5.41) is 9.57. The fourth-order valence-corrected chi connectivity index (χ4v) is 3.16. The van der Waals surface area contributed by atoms with Crippen LogP contribution in [0.2, 0.25) is 0 Å². The van der Waals surface area contributed by atoms with Crippen molar-refractivity contribution in [2.45, 2.75) is 32.2 Å². The highest BCUT2D eigenvalue weighted by Crippen LogP contribution is 2.32. The molecule has 0 amide bonds. The zero-order valence-electron chi connectivity index (χ0n) is 12.4. The summed E-state index contributed by atoms with van der Waals surface area (Å²) >= 11 is 0. The lowest BCUT2D eigenvalue weighted by atomic mass is 9.89. The van der Waals surface area contributed by atoms with Crippen molar-refractivity contribution in [1.82, 2.24) is 14.5 Å². The molecule has 2 aromatic rings. The second-order valence-electron chi connectivity index (χ2n) is 5.70. The Kier molecular flexibility index (Phi) is 3.53. The molecule has 1 saturated heterocycles. The molecule has 1 fully saturated rings. The van der Waals surface area contributed by atoms with Crippen LogP contribution in [0.25, 0.3) is 11.0 Å². The first kappa shape index (κ1) is 13.9. The van der Waals surface area contributed by atoms with E-state index in [1.165, 1.54) is 0 Å². The van der Waals surface area contributed by atoms with Crippen molar-refractivity contribution in [3.05, 3.63) is 18.6 Å². The van der Waals surface area contributed by atoms with Gasteiger partial charge in [0.25, 0.3) is 0 Å². The molecule has 6 heteroatoms. The lowest BCUT2D eigenvalue weighted by Crippen LogP contribution is -2.47. The molecule has 0 spiro atoms. The number of fused-ring (bicyclic) bond motifs is 1. The number of carboxylic acid groups (broad SMARTS) is 1. The summed E-state index contributed by atoms with van der Waals surface area (Å²) in [6.07, 6.45) is 6.18. The molecule has 0 saturated carbocycles. The van der Waals surface area contributed by atoms with Crippen LogP contribution in [-0.4, -0.2) is 38.2 Å². The number of aromatic nitrogens is 3. The highest BCUT2D eigenvalue weighted by atomic mass is 16.4. The molecule has 0 aromatic carbocycles. The average molecular weight is 288 g/mol. The maximum Gasteiger partial charge on any atom is 0.326 e. The number of hydrogen-bond acceptors (Lipinski definition) is 4. The van der Waals surface area contributed by atoms with Gasteiger partial charge in [-0.3, -0.25) is 0 Å². The van der Waals surface area contributed by atoms with Gasteiger partial charge >= 0.3 is 5.97 Å².